The van der Waals surface area contributed by atoms with Gasteiger partial charge in [0.25, 0.3) is 5.91 Å². The van der Waals surface area contributed by atoms with Crippen molar-refractivity contribution in [3.05, 3.63) is 54.4 Å². The van der Waals surface area contributed by atoms with Gasteiger partial charge >= 0.3 is 0 Å². The second-order valence-electron chi connectivity index (χ2n) is 6.21. The number of nitrogens with zero attached hydrogens (tertiary/aromatic N) is 4. The number of anilines is 2. The molecule has 1 saturated heterocycles. The van der Waals surface area contributed by atoms with E-state index in [1.54, 1.807) is 11.1 Å². The molecule has 3 rings (SSSR count). The van der Waals surface area contributed by atoms with E-state index in [0.29, 0.717) is 12.2 Å². The molecule has 1 aliphatic heterocycles. The van der Waals surface area contributed by atoms with E-state index in [-0.39, 0.29) is 5.91 Å². The highest BCUT2D eigenvalue weighted by molar-refractivity contribution is 6.05. The van der Waals surface area contributed by atoms with Gasteiger partial charge in [0, 0.05) is 50.3 Å². The van der Waals surface area contributed by atoms with Crippen LogP contribution in [0.25, 0.3) is 0 Å². The van der Waals surface area contributed by atoms with E-state index < -0.39 is 0 Å². The van der Waals surface area contributed by atoms with E-state index >= 15 is 0 Å². The SMILES string of the molecule is CCN1CCN(c2ccnc(C(=O)N(CC)c3ccccc3)c2)CC1. The average molecular weight is 338 g/mol. The van der Waals surface area contributed by atoms with E-state index in [1.807, 2.05) is 49.4 Å². The van der Waals surface area contributed by atoms with Crippen molar-refractivity contribution in [1.29, 1.82) is 0 Å². The molecule has 0 aliphatic carbocycles. The first kappa shape index (κ1) is 17.4. The average Bonchev–Trinajstić information content (AvgIpc) is 2.69. The maximum Gasteiger partial charge on any atom is 0.276 e. The molecule has 1 amide bonds. The van der Waals surface area contributed by atoms with Gasteiger partial charge in [0.15, 0.2) is 0 Å². The highest BCUT2D eigenvalue weighted by atomic mass is 16.2. The predicted molar refractivity (Wildman–Crippen MR) is 102 cm³/mol. The summed E-state index contributed by atoms with van der Waals surface area (Å²) in [5.41, 5.74) is 2.48. The number of hydrogen-bond donors (Lipinski definition) is 0. The van der Waals surface area contributed by atoms with Gasteiger partial charge in [-0.3, -0.25) is 9.78 Å². The van der Waals surface area contributed by atoms with Crippen LogP contribution in [0.5, 0.6) is 0 Å². The number of likely N-dealkylation sites (N-methyl/N-ethyl adjacent to an activating group) is 1. The lowest BCUT2D eigenvalue weighted by molar-refractivity contribution is 0.0983. The van der Waals surface area contributed by atoms with E-state index in [0.717, 1.165) is 44.1 Å². The summed E-state index contributed by atoms with van der Waals surface area (Å²) in [5, 5.41) is 0. The van der Waals surface area contributed by atoms with Crippen LogP contribution in [-0.4, -0.2) is 55.1 Å². The maximum atomic E-state index is 12.9. The lowest BCUT2D eigenvalue weighted by atomic mass is 10.2. The number of aromatic nitrogens is 1. The first-order chi connectivity index (χ1) is 12.2. The molecule has 1 aliphatic rings. The van der Waals surface area contributed by atoms with Crippen molar-refractivity contribution in [2.24, 2.45) is 0 Å². The molecule has 0 bridgehead atoms. The quantitative estimate of drug-likeness (QED) is 0.840. The van der Waals surface area contributed by atoms with Gasteiger partial charge in [0.1, 0.15) is 5.69 Å². The van der Waals surface area contributed by atoms with Crippen LogP contribution in [-0.2, 0) is 0 Å². The normalized spacial score (nSPS) is 15.2. The third-order valence-electron chi connectivity index (χ3n) is 4.78. The minimum absolute atomic E-state index is 0.0530. The Morgan fingerprint density at radius 2 is 1.80 bits per heavy atom. The van der Waals surface area contributed by atoms with Gasteiger partial charge < -0.3 is 14.7 Å². The van der Waals surface area contributed by atoms with Gasteiger partial charge in [-0.15, -0.1) is 0 Å². The van der Waals surface area contributed by atoms with Crippen LogP contribution < -0.4 is 9.80 Å². The second kappa shape index (κ2) is 8.12. The van der Waals surface area contributed by atoms with Crippen LogP contribution in [0, 0.1) is 0 Å². The van der Waals surface area contributed by atoms with Gasteiger partial charge in [-0.05, 0) is 37.7 Å². The molecule has 2 aromatic rings. The van der Waals surface area contributed by atoms with Crippen LogP contribution in [0.3, 0.4) is 0 Å². The Labute approximate surface area is 149 Å². The number of pyridine rings is 1. The van der Waals surface area contributed by atoms with E-state index in [4.69, 9.17) is 0 Å². The van der Waals surface area contributed by atoms with Crippen LogP contribution in [0.4, 0.5) is 11.4 Å². The topological polar surface area (TPSA) is 39.7 Å². The van der Waals surface area contributed by atoms with Crippen molar-refractivity contribution in [2.45, 2.75) is 13.8 Å². The molecule has 2 heterocycles. The van der Waals surface area contributed by atoms with Crippen LogP contribution in [0.15, 0.2) is 48.7 Å². The van der Waals surface area contributed by atoms with Crippen molar-refractivity contribution in [1.82, 2.24) is 9.88 Å². The summed E-state index contributed by atoms with van der Waals surface area (Å²) in [7, 11) is 0. The highest BCUT2D eigenvalue weighted by Gasteiger charge is 2.20. The predicted octanol–water partition coefficient (Wildman–Crippen LogP) is 2.89. The Kier molecular flexibility index (Phi) is 5.66. The van der Waals surface area contributed by atoms with Crippen LogP contribution in [0.1, 0.15) is 24.3 Å². The zero-order chi connectivity index (χ0) is 17.6. The summed E-state index contributed by atoms with van der Waals surface area (Å²) in [4.78, 5) is 23.8. The smallest absolute Gasteiger partial charge is 0.276 e. The molecule has 0 radical (unpaired) electrons. The third-order valence-corrected chi connectivity index (χ3v) is 4.78. The molecule has 0 unspecified atom stereocenters. The molecule has 132 valence electrons. The van der Waals surface area contributed by atoms with Gasteiger partial charge in [-0.1, -0.05) is 25.1 Å². The molecule has 0 spiro atoms. The molecule has 5 heteroatoms. The van der Waals surface area contributed by atoms with E-state index in [9.17, 15) is 4.79 Å². The fourth-order valence-electron chi connectivity index (χ4n) is 3.24. The van der Waals surface area contributed by atoms with Gasteiger partial charge in [-0.2, -0.15) is 0 Å². The fraction of sp³-hybridized carbons (Fsp3) is 0.400. The standard InChI is InChI=1S/C20H26N4O/c1-3-22-12-14-23(15-13-22)18-10-11-21-19(16-18)20(25)24(4-2)17-8-6-5-7-9-17/h5-11,16H,3-4,12-15H2,1-2H3. The number of amides is 1. The van der Waals surface area contributed by atoms with Crippen molar-refractivity contribution < 1.29 is 4.79 Å². The number of carbonyl (C=O) groups is 1. The zero-order valence-corrected chi connectivity index (χ0v) is 15.1. The summed E-state index contributed by atoms with van der Waals surface area (Å²) in [6.07, 6.45) is 1.74. The molecular weight excluding hydrogens is 312 g/mol. The molecule has 0 atom stereocenters. The summed E-state index contributed by atoms with van der Waals surface area (Å²) < 4.78 is 0. The van der Waals surface area contributed by atoms with Gasteiger partial charge in [-0.25, -0.2) is 0 Å². The first-order valence-electron chi connectivity index (χ1n) is 9.03. The van der Waals surface area contributed by atoms with Gasteiger partial charge in [0.2, 0.25) is 0 Å². The molecule has 1 aromatic heterocycles. The summed E-state index contributed by atoms with van der Waals surface area (Å²) >= 11 is 0. The third kappa shape index (κ3) is 3.99. The number of benzene rings is 1. The highest BCUT2D eigenvalue weighted by Crippen LogP contribution is 2.20. The Balaban J connectivity index is 1.77. The van der Waals surface area contributed by atoms with Crippen molar-refractivity contribution in [2.75, 3.05) is 49.1 Å². The van der Waals surface area contributed by atoms with E-state index in [1.165, 1.54) is 0 Å². The number of carbonyl (C=O) groups excluding carboxylic acids is 1. The number of para-hydroxylation sites is 1. The monoisotopic (exact) mass is 338 g/mol. The number of rotatable bonds is 5. The Morgan fingerprint density at radius 3 is 2.44 bits per heavy atom. The number of piperazine rings is 1. The maximum absolute atomic E-state index is 12.9. The lowest BCUT2D eigenvalue weighted by Gasteiger charge is -2.35. The van der Waals surface area contributed by atoms with Crippen molar-refractivity contribution in [3.8, 4) is 0 Å². The molecule has 5 nitrogen and oxygen atoms in total. The summed E-state index contributed by atoms with van der Waals surface area (Å²) in [5.74, 6) is -0.0530. The molecule has 0 saturated carbocycles. The Bertz CT molecular complexity index is 696. The second-order valence-corrected chi connectivity index (χ2v) is 6.21. The molecule has 1 aromatic carbocycles. The summed E-state index contributed by atoms with van der Waals surface area (Å²) in [6.45, 7) is 9.99. The zero-order valence-electron chi connectivity index (χ0n) is 15.1. The van der Waals surface area contributed by atoms with E-state index in [2.05, 4.69) is 21.7 Å². The minimum atomic E-state index is -0.0530. The Hall–Kier alpha value is -2.40. The van der Waals surface area contributed by atoms with Crippen molar-refractivity contribution in [3.63, 3.8) is 0 Å². The lowest BCUT2D eigenvalue weighted by Crippen LogP contribution is -2.46. The molecule has 0 N–H and O–H groups in total. The van der Waals surface area contributed by atoms with Crippen LogP contribution >= 0.6 is 0 Å². The van der Waals surface area contributed by atoms with Gasteiger partial charge in [0.05, 0.1) is 0 Å². The molecular formula is C20H26N4O. The molecule has 25 heavy (non-hydrogen) atoms. The van der Waals surface area contributed by atoms with Crippen LogP contribution in [0.2, 0.25) is 0 Å². The van der Waals surface area contributed by atoms with Crippen molar-refractivity contribution >= 4 is 17.3 Å². The Morgan fingerprint density at radius 1 is 1.08 bits per heavy atom. The summed E-state index contributed by atoms with van der Waals surface area (Å²) in [6, 6.07) is 13.7. The largest absolute Gasteiger partial charge is 0.369 e. The number of hydrogen-bond acceptors (Lipinski definition) is 4. The fourth-order valence-corrected chi connectivity index (χ4v) is 3.24. The minimum Gasteiger partial charge on any atom is -0.369 e. The first-order valence-corrected chi connectivity index (χ1v) is 9.03. The molecule has 1 fully saturated rings.